The first-order valence-corrected chi connectivity index (χ1v) is 9.43. The summed E-state index contributed by atoms with van der Waals surface area (Å²) in [5, 5.41) is 1.01. The average Bonchev–Trinajstić information content (AvgIpc) is 2.77. The average molecular weight is 339 g/mol. The lowest BCUT2D eigenvalue weighted by molar-refractivity contribution is -0.128. The second-order valence-corrected chi connectivity index (χ2v) is 8.36. The Morgan fingerprint density at radius 3 is 2.86 bits per heavy atom. The zero-order valence-corrected chi connectivity index (χ0v) is 13.3. The van der Waals surface area contributed by atoms with Crippen LogP contribution in [0.15, 0.2) is 36.5 Å². The van der Waals surface area contributed by atoms with E-state index in [1.807, 2.05) is 30.3 Å². The molecule has 0 aliphatic carbocycles. The highest BCUT2D eigenvalue weighted by atomic mass is 35.7. The second kappa shape index (κ2) is 5.85. The first kappa shape index (κ1) is 15.2. The Hall–Kier alpha value is -1.66. The monoisotopic (exact) mass is 338 g/mol. The summed E-state index contributed by atoms with van der Waals surface area (Å²) in [4.78, 5) is 18.1. The highest BCUT2D eigenvalue weighted by Gasteiger charge is 2.32. The molecule has 1 atom stereocenters. The number of carbonyl (C=O) groups is 1. The van der Waals surface area contributed by atoms with Crippen LogP contribution < -0.4 is 0 Å². The third-order valence-electron chi connectivity index (χ3n) is 3.83. The molecule has 22 heavy (non-hydrogen) atoms. The smallest absolute Gasteiger partial charge is 0.232 e. The van der Waals surface area contributed by atoms with Gasteiger partial charge in [0.1, 0.15) is 0 Å². The summed E-state index contributed by atoms with van der Waals surface area (Å²) in [7, 11) is 1.70. The zero-order chi connectivity index (χ0) is 15.7. The van der Waals surface area contributed by atoms with Gasteiger partial charge in [0.2, 0.25) is 15.0 Å². The van der Waals surface area contributed by atoms with Gasteiger partial charge in [-0.05, 0) is 17.7 Å². The highest BCUT2D eigenvalue weighted by molar-refractivity contribution is 8.13. The maximum atomic E-state index is 12.1. The zero-order valence-electron chi connectivity index (χ0n) is 11.8. The number of fused-ring (bicyclic) bond motifs is 1. The van der Waals surface area contributed by atoms with E-state index in [4.69, 9.17) is 10.7 Å². The van der Waals surface area contributed by atoms with E-state index in [1.165, 1.54) is 0 Å². The van der Waals surface area contributed by atoms with Crippen molar-refractivity contribution in [1.29, 1.82) is 0 Å². The van der Waals surface area contributed by atoms with Gasteiger partial charge in [0.25, 0.3) is 0 Å². The Morgan fingerprint density at radius 1 is 1.27 bits per heavy atom. The molecule has 1 aromatic heterocycles. The van der Waals surface area contributed by atoms with Crippen LogP contribution in [0.3, 0.4) is 0 Å². The molecular weight excluding hydrogens is 324 g/mol. The van der Waals surface area contributed by atoms with Crippen LogP contribution in [-0.2, 0) is 20.4 Å². The number of benzene rings is 1. The molecule has 3 rings (SSSR count). The molecule has 1 aliphatic heterocycles. The topological polar surface area (TPSA) is 67.3 Å². The highest BCUT2D eigenvalue weighted by Crippen LogP contribution is 2.25. The number of rotatable bonds is 4. The Kier molecular flexibility index (Phi) is 4.06. The van der Waals surface area contributed by atoms with E-state index in [9.17, 15) is 13.2 Å². The summed E-state index contributed by atoms with van der Waals surface area (Å²) < 4.78 is 22.3. The third kappa shape index (κ3) is 3.39. The van der Waals surface area contributed by atoms with Crippen molar-refractivity contribution in [2.24, 2.45) is 5.92 Å². The normalized spacial score (nSPS) is 19.0. The molecule has 1 aromatic carbocycles. The second-order valence-electron chi connectivity index (χ2n) is 5.54. The molecule has 2 aromatic rings. The van der Waals surface area contributed by atoms with E-state index < -0.39 is 9.05 Å². The van der Waals surface area contributed by atoms with Crippen LogP contribution in [0.2, 0.25) is 0 Å². The number of halogens is 1. The fourth-order valence-corrected chi connectivity index (χ4v) is 4.23. The molecule has 2 heterocycles. The third-order valence-corrected chi connectivity index (χ3v) is 5.07. The van der Waals surface area contributed by atoms with E-state index >= 15 is 0 Å². The number of amides is 1. The number of aromatic nitrogens is 1. The van der Waals surface area contributed by atoms with Crippen LogP contribution in [0.1, 0.15) is 12.0 Å². The maximum Gasteiger partial charge on any atom is 0.232 e. The molecular formula is C15H15ClN2O3S. The molecule has 1 unspecified atom stereocenters. The van der Waals surface area contributed by atoms with Crippen molar-refractivity contribution in [1.82, 2.24) is 9.88 Å². The van der Waals surface area contributed by atoms with Gasteiger partial charge in [-0.15, -0.1) is 0 Å². The summed E-state index contributed by atoms with van der Waals surface area (Å²) >= 11 is 0. The lowest BCUT2D eigenvalue weighted by Crippen LogP contribution is -2.25. The van der Waals surface area contributed by atoms with Crippen molar-refractivity contribution in [3.05, 3.63) is 42.1 Å². The Balaban J connectivity index is 1.79. The molecule has 0 spiro atoms. The molecule has 0 radical (unpaired) electrons. The van der Waals surface area contributed by atoms with Gasteiger partial charge in [0.05, 0.1) is 11.3 Å². The Morgan fingerprint density at radius 2 is 2.09 bits per heavy atom. The Labute approximate surface area is 133 Å². The van der Waals surface area contributed by atoms with Crippen LogP contribution in [0.5, 0.6) is 0 Å². The molecule has 5 nitrogen and oxygen atoms in total. The van der Waals surface area contributed by atoms with Crippen molar-refractivity contribution < 1.29 is 13.2 Å². The van der Waals surface area contributed by atoms with E-state index in [0.717, 1.165) is 16.5 Å². The van der Waals surface area contributed by atoms with Gasteiger partial charge < -0.3 is 4.90 Å². The van der Waals surface area contributed by atoms with Gasteiger partial charge in [-0.2, -0.15) is 0 Å². The van der Waals surface area contributed by atoms with Crippen LogP contribution >= 0.6 is 10.7 Å². The van der Waals surface area contributed by atoms with E-state index in [1.54, 1.807) is 11.1 Å². The van der Waals surface area contributed by atoms with Crippen molar-refractivity contribution in [3.8, 4) is 0 Å². The van der Waals surface area contributed by atoms with Gasteiger partial charge in [-0.3, -0.25) is 9.78 Å². The SMILES string of the molecule is O=C1CC(CS(=O)(=O)Cl)CN1Cc1cccc2ncccc12. The molecule has 1 fully saturated rings. The standard InChI is InChI=1S/C15H15ClN2O3S/c16-22(20,21)10-11-7-15(19)18(8-11)9-12-3-1-5-14-13(12)4-2-6-17-14/h1-6,11H,7-10H2. The fraction of sp³-hybridized carbons (Fsp3) is 0.333. The summed E-state index contributed by atoms with van der Waals surface area (Å²) in [6.45, 7) is 0.877. The van der Waals surface area contributed by atoms with E-state index in [-0.39, 0.29) is 24.0 Å². The number of nitrogens with zero attached hydrogens (tertiary/aromatic N) is 2. The van der Waals surface area contributed by atoms with Crippen LogP contribution in [0.25, 0.3) is 10.9 Å². The number of pyridine rings is 1. The molecule has 116 valence electrons. The minimum atomic E-state index is -3.58. The van der Waals surface area contributed by atoms with Crippen LogP contribution in [0.4, 0.5) is 0 Å². The molecule has 1 saturated heterocycles. The number of carbonyl (C=O) groups excluding carboxylic acids is 1. The number of hydrogen-bond acceptors (Lipinski definition) is 4. The fourth-order valence-electron chi connectivity index (χ4n) is 2.91. The largest absolute Gasteiger partial charge is 0.338 e. The molecule has 0 bridgehead atoms. The molecule has 1 amide bonds. The maximum absolute atomic E-state index is 12.1. The molecule has 0 saturated carbocycles. The lowest BCUT2D eigenvalue weighted by atomic mass is 10.1. The van der Waals surface area contributed by atoms with Crippen molar-refractivity contribution in [2.45, 2.75) is 13.0 Å². The summed E-state index contributed by atoms with van der Waals surface area (Å²) in [5.41, 5.74) is 1.89. The molecule has 0 N–H and O–H groups in total. The number of hydrogen-bond donors (Lipinski definition) is 0. The van der Waals surface area contributed by atoms with Gasteiger partial charge >= 0.3 is 0 Å². The van der Waals surface area contributed by atoms with E-state index in [0.29, 0.717) is 13.1 Å². The number of likely N-dealkylation sites (tertiary alicyclic amines) is 1. The van der Waals surface area contributed by atoms with Crippen molar-refractivity contribution >= 4 is 36.5 Å². The first-order chi connectivity index (χ1) is 10.4. The minimum absolute atomic E-state index is 0.0359. The van der Waals surface area contributed by atoms with E-state index in [2.05, 4.69) is 4.98 Å². The lowest BCUT2D eigenvalue weighted by Gasteiger charge is -2.17. The first-order valence-electron chi connectivity index (χ1n) is 6.95. The molecule has 1 aliphatic rings. The quantitative estimate of drug-likeness (QED) is 0.801. The van der Waals surface area contributed by atoms with Gasteiger partial charge in [0.15, 0.2) is 0 Å². The molecule has 7 heteroatoms. The minimum Gasteiger partial charge on any atom is -0.338 e. The Bertz CT molecular complexity index is 817. The predicted molar refractivity (Wildman–Crippen MR) is 84.9 cm³/mol. The van der Waals surface area contributed by atoms with Crippen LogP contribution in [-0.4, -0.2) is 36.5 Å². The van der Waals surface area contributed by atoms with Gasteiger partial charge in [-0.25, -0.2) is 8.42 Å². The van der Waals surface area contributed by atoms with Gasteiger partial charge in [0, 0.05) is 47.7 Å². The van der Waals surface area contributed by atoms with Crippen LogP contribution in [0, 0.1) is 5.92 Å². The predicted octanol–water partition coefficient (Wildman–Crippen LogP) is 2.15. The van der Waals surface area contributed by atoms with Gasteiger partial charge in [-0.1, -0.05) is 18.2 Å². The van der Waals surface area contributed by atoms with Crippen molar-refractivity contribution in [3.63, 3.8) is 0 Å². The summed E-state index contributed by atoms with van der Waals surface area (Å²) in [6.07, 6.45) is 1.96. The summed E-state index contributed by atoms with van der Waals surface area (Å²) in [6, 6.07) is 9.63. The summed E-state index contributed by atoms with van der Waals surface area (Å²) in [5.74, 6) is -0.428. The van der Waals surface area contributed by atoms with Crippen molar-refractivity contribution in [2.75, 3.05) is 12.3 Å².